The second-order valence-electron chi connectivity index (χ2n) is 6.75. The molecule has 0 aromatic carbocycles. The number of hydrogen-bond acceptors (Lipinski definition) is 4. The van der Waals surface area contributed by atoms with Crippen molar-refractivity contribution in [2.24, 2.45) is 5.92 Å². The first-order chi connectivity index (χ1) is 11.4. The minimum Gasteiger partial charge on any atom is -0.354 e. The lowest BCUT2D eigenvalue weighted by atomic mass is 9.82. The summed E-state index contributed by atoms with van der Waals surface area (Å²) >= 11 is 11.6. The Balaban J connectivity index is 1.84. The molecule has 0 radical (unpaired) electrons. The maximum atomic E-state index is 12.9. The first kappa shape index (κ1) is 17.4. The zero-order valence-corrected chi connectivity index (χ0v) is 15.4. The number of rotatable bonds is 4. The molecule has 0 bridgehead atoms. The number of alkyl halides is 1. The highest BCUT2D eigenvalue weighted by atomic mass is 35.5. The first-order valence-corrected chi connectivity index (χ1v) is 9.14. The largest absolute Gasteiger partial charge is 0.354 e. The lowest BCUT2D eigenvalue weighted by Crippen LogP contribution is -2.49. The summed E-state index contributed by atoms with van der Waals surface area (Å²) in [6, 6.07) is 0.0818. The van der Waals surface area contributed by atoms with Gasteiger partial charge in [-0.15, -0.1) is 16.7 Å². The van der Waals surface area contributed by atoms with Gasteiger partial charge in [0.15, 0.2) is 4.77 Å². The quantitative estimate of drug-likeness (QED) is 0.627. The molecule has 2 amide bonds. The number of amides is 2. The smallest absolute Gasteiger partial charge is 0.234 e. The van der Waals surface area contributed by atoms with E-state index in [0.717, 1.165) is 12.8 Å². The van der Waals surface area contributed by atoms with Crippen LogP contribution in [-0.4, -0.2) is 44.5 Å². The van der Waals surface area contributed by atoms with E-state index in [1.165, 1.54) is 0 Å². The maximum absolute atomic E-state index is 12.9. The number of hydrogen-bond donors (Lipinski definition) is 2. The molecule has 1 aromatic rings. The van der Waals surface area contributed by atoms with Crippen molar-refractivity contribution >= 4 is 41.6 Å². The Bertz CT molecular complexity index is 700. The lowest BCUT2D eigenvalue weighted by Gasteiger charge is -2.41. The van der Waals surface area contributed by atoms with Gasteiger partial charge in [0, 0.05) is 24.4 Å². The fourth-order valence-corrected chi connectivity index (χ4v) is 4.16. The van der Waals surface area contributed by atoms with E-state index in [1.54, 1.807) is 4.90 Å². The van der Waals surface area contributed by atoms with E-state index in [2.05, 4.69) is 15.5 Å². The summed E-state index contributed by atoms with van der Waals surface area (Å²) in [5, 5.41) is 9.85. The van der Waals surface area contributed by atoms with Crippen LogP contribution in [0.1, 0.15) is 45.6 Å². The standard InChI is InChI=1S/C15H22ClN5O2S/c1-8(2)17-12(22)5-6-20-13(23)10-7-9(16)3-4-11(10)21-14(20)18-19-15(21)24/h8-11H,3-7H2,1-2H3,(H,17,22)(H,19,24). The predicted molar refractivity (Wildman–Crippen MR) is 93.7 cm³/mol. The fourth-order valence-electron chi connectivity index (χ4n) is 3.58. The Morgan fingerprint density at radius 2 is 2.25 bits per heavy atom. The minimum atomic E-state index is -0.203. The molecular formula is C15H22ClN5O2S. The first-order valence-electron chi connectivity index (χ1n) is 8.30. The molecule has 1 fully saturated rings. The van der Waals surface area contributed by atoms with E-state index < -0.39 is 0 Å². The van der Waals surface area contributed by atoms with Crippen LogP contribution < -0.4 is 10.2 Å². The van der Waals surface area contributed by atoms with Gasteiger partial charge < -0.3 is 5.32 Å². The fraction of sp³-hybridized carbons (Fsp3) is 0.733. The summed E-state index contributed by atoms with van der Waals surface area (Å²) in [4.78, 5) is 26.4. The summed E-state index contributed by atoms with van der Waals surface area (Å²) in [6.45, 7) is 4.10. The SMILES string of the molecule is CC(C)NC(=O)CCN1C(=O)C2CC(Cl)CCC2n2c1n[nH]c2=S. The van der Waals surface area contributed by atoms with E-state index >= 15 is 0 Å². The highest BCUT2D eigenvalue weighted by molar-refractivity contribution is 7.71. The number of nitrogens with one attached hydrogen (secondary N) is 2. The Labute approximate surface area is 150 Å². The topological polar surface area (TPSA) is 83.0 Å². The highest BCUT2D eigenvalue weighted by Crippen LogP contribution is 2.42. The van der Waals surface area contributed by atoms with Gasteiger partial charge in [-0.25, -0.2) is 5.10 Å². The molecule has 2 N–H and O–H groups in total. The molecular weight excluding hydrogens is 350 g/mol. The molecule has 1 aromatic heterocycles. The van der Waals surface area contributed by atoms with E-state index in [-0.39, 0.29) is 48.2 Å². The van der Waals surface area contributed by atoms with Gasteiger partial charge in [0.2, 0.25) is 17.8 Å². The van der Waals surface area contributed by atoms with Gasteiger partial charge in [0.25, 0.3) is 0 Å². The van der Waals surface area contributed by atoms with Crippen LogP contribution in [0, 0.1) is 10.7 Å². The van der Waals surface area contributed by atoms with Crippen molar-refractivity contribution in [3.63, 3.8) is 0 Å². The summed E-state index contributed by atoms with van der Waals surface area (Å²) in [7, 11) is 0. The number of carbonyl (C=O) groups is 2. The van der Waals surface area contributed by atoms with Crippen LogP contribution in [0.25, 0.3) is 0 Å². The van der Waals surface area contributed by atoms with Gasteiger partial charge in [-0.05, 0) is 45.3 Å². The van der Waals surface area contributed by atoms with E-state index in [9.17, 15) is 9.59 Å². The van der Waals surface area contributed by atoms with Crippen LogP contribution >= 0.6 is 23.8 Å². The molecule has 1 aliphatic carbocycles. The second kappa shape index (κ2) is 6.84. The summed E-state index contributed by atoms with van der Waals surface area (Å²) < 4.78 is 2.43. The molecule has 2 aliphatic rings. The average molecular weight is 372 g/mol. The van der Waals surface area contributed by atoms with Crippen molar-refractivity contribution in [1.29, 1.82) is 0 Å². The number of aromatic nitrogens is 3. The van der Waals surface area contributed by atoms with Crippen LogP contribution in [0.2, 0.25) is 0 Å². The summed E-state index contributed by atoms with van der Waals surface area (Å²) in [5.74, 6) is 0.214. The molecule has 0 saturated heterocycles. The van der Waals surface area contributed by atoms with Gasteiger partial charge in [-0.2, -0.15) is 0 Å². The number of fused-ring (bicyclic) bond motifs is 3. The van der Waals surface area contributed by atoms with Crippen molar-refractivity contribution in [1.82, 2.24) is 20.1 Å². The molecule has 0 spiro atoms. The molecule has 1 aliphatic heterocycles. The van der Waals surface area contributed by atoms with Crippen molar-refractivity contribution in [2.75, 3.05) is 11.4 Å². The third-order valence-corrected chi connectivity index (χ3v) is 5.29. The van der Waals surface area contributed by atoms with Crippen LogP contribution in [0.5, 0.6) is 0 Å². The van der Waals surface area contributed by atoms with Crippen molar-refractivity contribution in [3.8, 4) is 0 Å². The molecule has 132 valence electrons. The number of halogens is 1. The number of nitrogens with zero attached hydrogens (tertiary/aromatic N) is 3. The number of carbonyl (C=O) groups excluding carboxylic acids is 2. The molecule has 2 heterocycles. The van der Waals surface area contributed by atoms with E-state index in [4.69, 9.17) is 23.8 Å². The zero-order chi connectivity index (χ0) is 17.4. The van der Waals surface area contributed by atoms with E-state index in [1.807, 2.05) is 18.4 Å². The molecule has 9 heteroatoms. The Hall–Kier alpha value is -1.41. The second-order valence-corrected chi connectivity index (χ2v) is 7.75. The molecule has 3 atom stereocenters. The molecule has 1 saturated carbocycles. The minimum absolute atomic E-state index is 0.00362. The summed E-state index contributed by atoms with van der Waals surface area (Å²) in [6.07, 6.45) is 2.53. The average Bonchev–Trinajstić information content (AvgIpc) is 2.88. The Kier molecular flexibility index (Phi) is 4.96. The van der Waals surface area contributed by atoms with Crippen LogP contribution in [0.3, 0.4) is 0 Å². The van der Waals surface area contributed by atoms with Crippen LogP contribution in [-0.2, 0) is 9.59 Å². The van der Waals surface area contributed by atoms with Gasteiger partial charge >= 0.3 is 0 Å². The van der Waals surface area contributed by atoms with Gasteiger partial charge in [-0.1, -0.05) is 0 Å². The Morgan fingerprint density at radius 1 is 1.50 bits per heavy atom. The van der Waals surface area contributed by atoms with Gasteiger partial charge in [0.05, 0.1) is 12.0 Å². The Morgan fingerprint density at radius 3 is 2.96 bits per heavy atom. The highest BCUT2D eigenvalue weighted by Gasteiger charge is 2.44. The molecule has 3 unspecified atom stereocenters. The van der Waals surface area contributed by atoms with Crippen LogP contribution in [0.4, 0.5) is 5.95 Å². The lowest BCUT2D eigenvalue weighted by molar-refractivity contribution is -0.126. The third kappa shape index (κ3) is 3.21. The molecule has 24 heavy (non-hydrogen) atoms. The normalized spacial score (nSPS) is 26.2. The monoisotopic (exact) mass is 371 g/mol. The van der Waals surface area contributed by atoms with Crippen molar-refractivity contribution in [2.45, 2.75) is 57.0 Å². The summed E-state index contributed by atoms with van der Waals surface area (Å²) in [5.41, 5.74) is 0. The van der Waals surface area contributed by atoms with Gasteiger partial charge in [0.1, 0.15) is 0 Å². The number of anilines is 1. The number of aromatic amines is 1. The molecule has 7 nitrogen and oxygen atoms in total. The predicted octanol–water partition coefficient (Wildman–Crippen LogP) is 2.15. The number of H-pyrrole nitrogens is 1. The van der Waals surface area contributed by atoms with Crippen LogP contribution in [0.15, 0.2) is 0 Å². The van der Waals surface area contributed by atoms with Gasteiger partial charge in [-0.3, -0.25) is 19.1 Å². The third-order valence-electron chi connectivity index (χ3n) is 4.60. The van der Waals surface area contributed by atoms with Crippen molar-refractivity contribution in [3.05, 3.63) is 4.77 Å². The van der Waals surface area contributed by atoms with E-state index in [0.29, 0.717) is 17.1 Å². The van der Waals surface area contributed by atoms with Crippen molar-refractivity contribution < 1.29 is 9.59 Å². The molecule has 3 rings (SSSR count). The maximum Gasteiger partial charge on any atom is 0.234 e. The zero-order valence-electron chi connectivity index (χ0n) is 13.8.